The summed E-state index contributed by atoms with van der Waals surface area (Å²) in [6.45, 7) is 12.3. The van der Waals surface area contributed by atoms with Gasteiger partial charge >= 0.3 is 5.97 Å². The molecule has 0 radical (unpaired) electrons. The van der Waals surface area contributed by atoms with Crippen molar-refractivity contribution in [3.8, 4) is 5.75 Å². The second-order valence-electron chi connectivity index (χ2n) is 6.83. The largest absolute Gasteiger partial charge is 0.508 e. The van der Waals surface area contributed by atoms with Gasteiger partial charge in [-0.05, 0) is 60.6 Å². The third-order valence-electron chi connectivity index (χ3n) is 3.60. The van der Waals surface area contributed by atoms with Crippen LogP contribution in [0.2, 0.25) is 0 Å². The van der Waals surface area contributed by atoms with Gasteiger partial charge in [-0.2, -0.15) is 0 Å². The van der Waals surface area contributed by atoms with E-state index in [1.165, 1.54) is 6.08 Å². The molecule has 0 spiro atoms. The Balaban J connectivity index is 2.94. The molecular formula is C21H28O3. The number of ether oxygens (including phenoxy) is 1. The molecule has 0 heterocycles. The molecule has 1 aromatic rings. The Kier molecular flexibility index (Phi) is 7.02. The molecule has 0 aliphatic rings. The maximum Gasteiger partial charge on any atom is 0.330 e. The number of phenolic OH excluding ortho intramolecular Hbond substituents is 1. The summed E-state index contributed by atoms with van der Waals surface area (Å²) in [7, 11) is 0. The predicted molar refractivity (Wildman–Crippen MR) is 100.0 cm³/mol. The zero-order valence-corrected chi connectivity index (χ0v) is 15.5. The Bertz CT molecular complexity index is 671. The summed E-state index contributed by atoms with van der Waals surface area (Å²) in [6, 6.07) is 5.67. The van der Waals surface area contributed by atoms with E-state index in [4.69, 9.17) is 4.74 Å². The van der Waals surface area contributed by atoms with Crippen LogP contribution in [-0.4, -0.2) is 17.7 Å². The van der Waals surface area contributed by atoms with Crippen molar-refractivity contribution in [3.05, 3.63) is 59.2 Å². The number of hydrogen-bond acceptors (Lipinski definition) is 3. The minimum Gasteiger partial charge on any atom is -0.508 e. The summed E-state index contributed by atoms with van der Waals surface area (Å²) >= 11 is 0. The molecule has 0 bridgehead atoms. The maximum atomic E-state index is 11.4. The van der Waals surface area contributed by atoms with E-state index in [1.54, 1.807) is 13.0 Å². The van der Waals surface area contributed by atoms with E-state index in [-0.39, 0.29) is 11.4 Å². The summed E-state index contributed by atoms with van der Waals surface area (Å²) < 4.78 is 4.88. The minimum absolute atomic E-state index is 0.116. The van der Waals surface area contributed by atoms with E-state index in [1.807, 2.05) is 44.2 Å². The first-order chi connectivity index (χ1) is 11.1. The van der Waals surface area contributed by atoms with Gasteiger partial charge in [0.15, 0.2) is 0 Å². The highest BCUT2D eigenvalue weighted by molar-refractivity contribution is 5.83. The van der Waals surface area contributed by atoms with Crippen molar-refractivity contribution in [3.63, 3.8) is 0 Å². The monoisotopic (exact) mass is 328 g/mol. The van der Waals surface area contributed by atoms with Gasteiger partial charge in [0.05, 0.1) is 6.61 Å². The third-order valence-corrected chi connectivity index (χ3v) is 3.60. The van der Waals surface area contributed by atoms with Crippen LogP contribution >= 0.6 is 0 Å². The number of phenols is 1. The molecule has 1 aromatic carbocycles. The first kappa shape index (κ1) is 19.8. The van der Waals surface area contributed by atoms with Gasteiger partial charge in [0.25, 0.3) is 0 Å². The molecule has 0 atom stereocenters. The molecule has 1 N–H and O–H groups in total. The lowest BCUT2D eigenvalue weighted by atomic mass is 9.84. The van der Waals surface area contributed by atoms with E-state index in [9.17, 15) is 9.90 Å². The zero-order chi connectivity index (χ0) is 18.3. The van der Waals surface area contributed by atoms with Gasteiger partial charge in [-0.25, -0.2) is 4.79 Å². The molecule has 1 rings (SSSR count). The zero-order valence-electron chi connectivity index (χ0n) is 15.5. The Hall–Kier alpha value is -2.29. The second kappa shape index (κ2) is 8.53. The van der Waals surface area contributed by atoms with Crippen LogP contribution in [0.3, 0.4) is 0 Å². The van der Waals surface area contributed by atoms with Crippen molar-refractivity contribution in [2.75, 3.05) is 6.61 Å². The number of benzene rings is 1. The number of carbonyl (C=O) groups excluding carboxylic acids is 1. The van der Waals surface area contributed by atoms with Gasteiger partial charge in [0, 0.05) is 6.08 Å². The fraction of sp³-hybridized carbons (Fsp3) is 0.381. The fourth-order valence-corrected chi connectivity index (χ4v) is 2.24. The van der Waals surface area contributed by atoms with Crippen LogP contribution in [0, 0.1) is 0 Å². The number of hydrogen-bond donors (Lipinski definition) is 1. The van der Waals surface area contributed by atoms with Crippen molar-refractivity contribution in [2.24, 2.45) is 0 Å². The van der Waals surface area contributed by atoms with Crippen molar-refractivity contribution < 1.29 is 14.6 Å². The summed E-state index contributed by atoms with van der Waals surface area (Å²) in [5, 5.41) is 10.0. The van der Waals surface area contributed by atoms with Gasteiger partial charge in [-0.3, -0.25) is 0 Å². The number of esters is 1. The normalized spacial score (nSPS) is 13.4. The molecule has 130 valence electrons. The highest BCUT2D eigenvalue weighted by Gasteiger charge is 2.18. The number of rotatable bonds is 5. The number of aromatic hydroxyl groups is 1. The molecule has 0 saturated carbocycles. The molecule has 3 heteroatoms. The molecule has 0 amide bonds. The summed E-state index contributed by atoms with van der Waals surface area (Å²) in [5.74, 6) is -0.00323. The number of allylic oxidation sites excluding steroid dienone is 5. The first-order valence-corrected chi connectivity index (χ1v) is 8.19. The minimum atomic E-state index is -0.325. The van der Waals surface area contributed by atoms with Crippen LogP contribution in [0.15, 0.2) is 48.1 Å². The van der Waals surface area contributed by atoms with Crippen molar-refractivity contribution in [1.82, 2.24) is 0 Å². The molecule has 0 unspecified atom stereocenters. The summed E-state index contributed by atoms with van der Waals surface area (Å²) in [5.41, 5.74) is 3.79. The molecule has 3 nitrogen and oxygen atoms in total. The molecule has 0 saturated heterocycles. The van der Waals surface area contributed by atoms with E-state index in [0.29, 0.717) is 12.4 Å². The lowest BCUT2D eigenvalue weighted by Gasteiger charge is -2.21. The topological polar surface area (TPSA) is 46.5 Å². The standard InChI is InChI=1S/C21H28O3/c1-7-24-20(23)13-15(2)9-8-10-16(3)17-11-12-19(22)18(14-17)21(4,5)6/h8-14,22H,7H2,1-6H3. The molecule has 0 fully saturated rings. The van der Waals surface area contributed by atoms with Gasteiger partial charge in [-0.15, -0.1) is 0 Å². The Labute approximate surface area is 145 Å². The average Bonchev–Trinajstić information content (AvgIpc) is 2.46. The smallest absolute Gasteiger partial charge is 0.330 e. The Morgan fingerprint density at radius 2 is 1.92 bits per heavy atom. The summed E-state index contributed by atoms with van der Waals surface area (Å²) in [4.78, 5) is 11.4. The van der Waals surface area contributed by atoms with E-state index in [0.717, 1.165) is 22.3 Å². The Morgan fingerprint density at radius 1 is 1.25 bits per heavy atom. The van der Waals surface area contributed by atoms with Gasteiger partial charge in [0.2, 0.25) is 0 Å². The molecule has 0 aliphatic carbocycles. The lowest BCUT2D eigenvalue weighted by Crippen LogP contribution is -2.11. The molecular weight excluding hydrogens is 300 g/mol. The van der Waals surface area contributed by atoms with Crippen LogP contribution in [0.5, 0.6) is 5.75 Å². The SMILES string of the molecule is CCOC(=O)C=C(C)C=CC=C(C)c1ccc(O)c(C(C)(C)C)c1. The molecule has 0 aromatic heterocycles. The second-order valence-corrected chi connectivity index (χ2v) is 6.83. The highest BCUT2D eigenvalue weighted by atomic mass is 16.5. The highest BCUT2D eigenvalue weighted by Crippen LogP contribution is 2.32. The van der Waals surface area contributed by atoms with E-state index < -0.39 is 0 Å². The third kappa shape index (κ3) is 6.07. The van der Waals surface area contributed by atoms with E-state index >= 15 is 0 Å². The quantitative estimate of drug-likeness (QED) is 0.461. The van der Waals surface area contributed by atoms with Crippen molar-refractivity contribution >= 4 is 11.5 Å². The van der Waals surface area contributed by atoms with Crippen LogP contribution in [0.25, 0.3) is 5.57 Å². The van der Waals surface area contributed by atoms with Crippen LogP contribution in [-0.2, 0) is 14.9 Å². The maximum absolute atomic E-state index is 11.4. The van der Waals surface area contributed by atoms with Crippen molar-refractivity contribution in [2.45, 2.75) is 47.0 Å². The van der Waals surface area contributed by atoms with E-state index in [2.05, 4.69) is 20.8 Å². The average molecular weight is 328 g/mol. The number of carbonyl (C=O) groups is 1. The fourth-order valence-electron chi connectivity index (χ4n) is 2.24. The summed E-state index contributed by atoms with van der Waals surface area (Å²) in [6.07, 6.45) is 7.23. The van der Waals surface area contributed by atoms with Crippen LogP contribution in [0.4, 0.5) is 0 Å². The predicted octanol–water partition coefficient (Wildman–Crippen LogP) is 5.16. The Morgan fingerprint density at radius 3 is 2.50 bits per heavy atom. The van der Waals surface area contributed by atoms with Gasteiger partial charge in [0.1, 0.15) is 5.75 Å². The first-order valence-electron chi connectivity index (χ1n) is 8.19. The lowest BCUT2D eigenvalue weighted by molar-refractivity contribution is -0.137. The van der Waals surface area contributed by atoms with Crippen LogP contribution in [0.1, 0.15) is 52.7 Å². The van der Waals surface area contributed by atoms with Crippen molar-refractivity contribution in [1.29, 1.82) is 0 Å². The van der Waals surface area contributed by atoms with Crippen LogP contribution < -0.4 is 0 Å². The van der Waals surface area contributed by atoms with Gasteiger partial charge < -0.3 is 9.84 Å². The molecule has 24 heavy (non-hydrogen) atoms. The van der Waals surface area contributed by atoms with Gasteiger partial charge in [-0.1, -0.05) is 45.1 Å². The molecule has 0 aliphatic heterocycles.